The second-order valence-electron chi connectivity index (χ2n) is 5.56. The molecule has 0 fully saturated rings. The van der Waals surface area contributed by atoms with E-state index in [2.05, 4.69) is 37.2 Å². The fourth-order valence-corrected chi connectivity index (χ4v) is 2.95. The molecule has 0 radical (unpaired) electrons. The number of alkyl halides is 2. The van der Waals surface area contributed by atoms with Gasteiger partial charge >= 0.3 is 9.45 Å². The third-order valence-corrected chi connectivity index (χ3v) is 4.69. The zero-order chi connectivity index (χ0) is 18.0. The largest absolute Gasteiger partial charge is 0.444 e. The summed E-state index contributed by atoms with van der Waals surface area (Å²) in [6.45, 7) is 5.02. The highest BCUT2D eigenvalue weighted by Gasteiger charge is 2.49. The number of benzene rings is 1. The maximum absolute atomic E-state index is 12.1. The van der Waals surface area contributed by atoms with Crippen LogP contribution in [-0.2, 0) is 4.74 Å². The van der Waals surface area contributed by atoms with Gasteiger partial charge in [-0.25, -0.2) is 4.79 Å². The third-order valence-electron chi connectivity index (χ3n) is 2.54. The Kier molecular flexibility index (Phi) is 6.72. The van der Waals surface area contributed by atoms with Crippen molar-refractivity contribution < 1.29 is 14.5 Å². The van der Waals surface area contributed by atoms with Crippen LogP contribution in [0.1, 0.15) is 32.4 Å². The Hall–Kier alpha value is -0.570. The molecule has 0 aliphatic heterocycles. The van der Waals surface area contributed by atoms with Gasteiger partial charge in [0.2, 0.25) is 0 Å². The Morgan fingerprint density at radius 1 is 1.30 bits per heavy atom. The van der Waals surface area contributed by atoms with Gasteiger partial charge in [0.1, 0.15) is 5.60 Å². The van der Waals surface area contributed by atoms with Crippen molar-refractivity contribution >= 4 is 61.2 Å². The van der Waals surface area contributed by atoms with Crippen LogP contribution in [-0.4, -0.2) is 20.0 Å². The highest BCUT2D eigenvalue weighted by Crippen LogP contribution is 2.44. The second-order valence-corrected chi connectivity index (χ2v) is 9.86. The molecule has 0 spiro atoms. The summed E-state index contributed by atoms with van der Waals surface area (Å²) < 4.78 is 3.22. The van der Waals surface area contributed by atoms with Crippen LogP contribution < -0.4 is 5.32 Å². The number of halogens is 4. The molecule has 1 aromatic carbocycles. The van der Waals surface area contributed by atoms with Gasteiger partial charge in [0.05, 0.1) is 4.92 Å². The van der Waals surface area contributed by atoms with E-state index in [1.807, 2.05) is 0 Å². The minimum absolute atomic E-state index is 0.170. The molecule has 1 aromatic rings. The van der Waals surface area contributed by atoms with Gasteiger partial charge in [0.15, 0.2) is 6.04 Å². The molecular formula is C13H14Br2Cl2N2O4. The van der Waals surface area contributed by atoms with Crippen LogP contribution in [0.15, 0.2) is 18.2 Å². The van der Waals surface area contributed by atoms with Crippen molar-refractivity contribution in [3.63, 3.8) is 0 Å². The molecule has 0 saturated heterocycles. The maximum Gasteiger partial charge on any atom is 0.408 e. The summed E-state index contributed by atoms with van der Waals surface area (Å²) in [7, 11) is 0. The number of hydrogen-bond acceptors (Lipinski definition) is 4. The Labute approximate surface area is 160 Å². The topological polar surface area (TPSA) is 81.5 Å². The molecule has 0 saturated carbocycles. The summed E-state index contributed by atoms with van der Waals surface area (Å²) in [4.78, 5) is 22.8. The van der Waals surface area contributed by atoms with Crippen LogP contribution in [0.25, 0.3) is 0 Å². The summed E-state index contributed by atoms with van der Waals surface area (Å²) in [6, 6.07) is 3.40. The molecular weight excluding hydrogens is 479 g/mol. The molecule has 23 heavy (non-hydrogen) atoms. The van der Waals surface area contributed by atoms with Gasteiger partial charge in [-0.15, -0.1) is 0 Å². The predicted molar refractivity (Wildman–Crippen MR) is 96.2 cm³/mol. The first-order valence-electron chi connectivity index (χ1n) is 6.32. The predicted octanol–water partition coefficient (Wildman–Crippen LogP) is 5.28. The van der Waals surface area contributed by atoms with Gasteiger partial charge < -0.3 is 10.1 Å². The lowest BCUT2D eigenvalue weighted by Crippen LogP contribution is -2.45. The Morgan fingerprint density at radius 2 is 1.78 bits per heavy atom. The number of ether oxygens (including phenoxy) is 1. The zero-order valence-electron chi connectivity index (χ0n) is 12.4. The number of amides is 1. The van der Waals surface area contributed by atoms with Crippen molar-refractivity contribution in [3.8, 4) is 0 Å². The minimum Gasteiger partial charge on any atom is -0.444 e. The Bertz CT molecular complexity index is 600. The van der Waals surface area contributed by atoms with Crippen molar-refractivity contribution in [1.82, 2.24) is 5.32 Å². The highest BCUT2D eigenvalue weighted by molar-refractivity contribution is 9.25. The van der Waals surface area contributed by atoms with E-state index >= 15 is 0 Å². The molecule has 1 rings (SSSR count). The first-order chi connectivity index (χ1) is 10.4. The average molecular weight is 493 g/mol. The van der Waals surface area contributed by atoms with Crippen molar-refractivity contribution in [2.24, 2.45) is 0 Å². The molecule has 1 amide bonds. The van der Waals surface area contributed by atoms with E-state index < -0.39 is 26.0 Å². The lowest BCUT2D eigenvalue weighted by atomic mass is 10.1. The first-order valence-corrected chi connectivity index (χ1v) is 8.66. The molecule has 10 heteroatoms. The van der Waals surface area contributed by atoms with Crippen LogP contribution in [0, 0.1) is 10.1 Å². The molecule has 1 N–H and O–H groups in total. The van der Waals surface area contributed by atoms with Gasteiger partial charge in [-0.2, -0.15) is 0 Å². The van der Waals surface area contributed by atoms with Crippen LogP contribution in [0.3, 0.4) is 0 Å². The first kappa shape index (κ1) is 20.5. The molecule has 1 atom stereocenters. The third kappa shape index (κ3) is 5.48. The summed E-state index contributed by atoms with van der Waals surface area (Å²) in [5.41, 5.74) is -0.582. The zero-order valence-corrected chi connectivity index (χ0v) is 17.1. The lowest BCUT2D eigenvalue weighted by Gasteiger charge is -2.28. The standard InChI is InChI=1S/C13H14Br2Cl2N2O4/c1-12(2,3)23-11(20)18-10(13(14,15)19(21)22)9-7(16)5-4-6-8(9)17/h4-6,10H,1-3H3,(H,18,20). The van der Waals surface area contributed by atoms with Gasteiger partial charge in [0.25, 0.3) is 0 Å². The summed E-state index contributed by atoms with van der Waals surface area (Å²) in [5.74, 6) is 0. The normalized spacial score (nSPS) is 13.3. The molecule has 128 valence electrons. The van der Waals surface area contributed by atoms with Crippen molar-refractivity contribution in [1.29, 1.82) is 0 Å². The SMILES string of the molecule is CC(C)(C)OC(=O)NC(c1c(Cl)cccc1Cl)C(Br)(Br)[N+](=O)[O-]. The number of alkyl carbamates (subject to hydrolysis) is 1. The number of carbonyl (C=O) groups excluding carboxylic acids is 1. The Morgan fingerprint density at radius 3 is 2.17 bits per heavy atom. The van der Waals surface area contributed by atoms with Crippen LogP contribution in [0.5, 0.6) is 0 Å². The van der Waals surface area contributed by atoms with E-state index in [1.165, 1.54) is 12.1 Å². The number of nitrogens with one attached hydrogen (secondary N) is 1. The monoisotopic (exact) mass is 490 g/mol. The quantitative estimate of drug-likeness (QED) is 0.268. The van der Waals surface area contributed by atoms with Crippen molar-refractivity contribution in [3.05, 3.63) is 43.9 Å². The van der Waals surface area contributed by atoms with Gasteiger partial charge in [-0.05, 0) is 32.9 Å². The number of carbonyl (C=O) groups is 1. The van der Waals surface area contributed by atoms with E-state index in [-0.39, 0.29) is 15.6 Å². The number of rotatable bonds is 4. The number of nitrogens with zero attached hydrogens (tertiary/aromatic N) is 1. The second kappa shape index (κ2) is 7.55. The molecule has 1 unspecified atom stereocenters. The lowest BCUT2D eigenvalue weighted by molar-refractivity contribution is -0.509. The summed E-state index contributed by atoms with van der Waals surface area (Å²) in [5, 5.41) is 14.1. The summed E-state index contributed by atoms with van der Waals surface area (Å²) >= 11 is 18.1. The molecule has 0 aromatic heterocycles. The molecule has 0 aliphatic rings. The Balaban J connectivity index is 3.29. The fraction of sp³-hybridized carbons (Fsp3) is 0.462. The van der Waals surface area contributed by atoms with E-state index in [0.29, 0.717) is 0 Å². The van der Waals surface area contributed by atoms with Gasteiger partial charge in [-0.1, -0.05) is 29.3 Å². The van der Waals surface area contributed by atoms with Crippen LogP contribution in [0.4, 0.5) is 4.79 Å². The molecule has 0 heterocycles. The molecule has 0 aliphatic carbocycles. The maximum atomic E-state index is 12.1. The molecule has 6 nitrogen and oxygen atoms in total. The summed E-state index contributed by atoms with van der Waals surface area (Å²) in [6.07, 6.45) is -0.844. The average Bonchev–Trinajstić information content (AvgIpc) is 2.34. The van der Waals surface area contributed by atoms with Crippen LogP contribution >= 0.6 is 55.1 Å². The highest BCUT2D eigenvalue weighted by atomic mass is 79.9. The smallest absolute Gasteiger partial charge is 0.408 e. The van der Waals surface area contributed by atoms with E-state index in [4.69, 9.17) is 27.9 Å². The van der Waals surface area contributed by atoms with Crippen LogP contribution in [0.2, 0.25) is 10.0 Å². The minimum atomic E-state index is -1.93. The fourth-order valence-electron chi connectivity index (χ4n) is 1.65. The molecule has 0 bridgehead atoms. The van der Waals surface area contributed by atoms with E-state index in [0.717, 1.165) is 0 Å². The number of nitro groups is 1. The number of hydrogen-bond donors (Lipinski definition) is 1. The van der Waals surface area contributed by atoms with E-state index in [9.17, 15) is 14.9 Å². The van der Waals surface area contributed by atoms with Crippen molar-refractivity contribution in [2.45, 2.75) is 35.8 Å². The van der Waals surface area contributed by atoms with E-state index in [1.54, 1.807) is 26.8 Å². The van der Waals surface area contributed by atoms with Gasteiger partial charge in [-0.3, -0.25) is 10.1 Å². The van der Waals surface area contributed by atoms with Crippen molar-refractivity contribution in [2.75, 3.05) is 0 Å². The van der Waals surface area contributed by atoms with Gasteiger partial charge in [0, 0.05) is 47.5 Å².